The molecule has 6 heteroatoms. The summed E-state index contributed by atoms with van der Waals surface area (Å²) in [6.45, 7) is 0.531. The Morgan fingerprint density at radius 1 is 1.35 bits per heavy atom. The van der Waals surface area contributed by atoms with E-state index in [2.05, 4.69) is 33.1 Å². The lowest BCUT2D eigenvalue weighted by Gasteiger charge is -2.03. The lowest BCUT2D eigenvalue weighted by molar-refractivity contribution is 0.0955. The van der Waals surface area contributed by atoms with Crippen molar-refractivity contribution >= 4 is 44.5 Å². The largest absolute Gasteiger partial charge is 0.395 e. The number of halogens is 1. The molecule has 0 aliphatic rings. The monoisotopic (exact) mass is 369 g/mol. The Labute approximate surface area is 133 Å². The zero-order valence-electron chi connectivity index (χ0n) is 10.5. The SMILES string of the molecule is O=C(NCc1sccc1Br)c1sccc1C#CCCO. The second-order valence-electron chi connectivity index (χ2n) is 3.81. The number of carbonyl (C=O) groups is 1. The van der Waals surface area contributed by atoms with E-state index < -0.39 is 0 Å². The third kappa shape index (κ3) is 3.93. The Balaban J connectivity index is 2.01. The maximum atomic E-state index is 12.1. The fourth-order valence-corrected chi connectivity index (χ4v) is 3.69. The number of aliphatic hydroxyl groups is 1. The van der Waals surface area contributed by atoms with Gasteiger partial charge in [0.05, 0.1) is 13.2 Å². The van der Waals surface area contributed by atoms with Gasteiger partial charge in [0.2, 0.25) is 0 Å². The van der Waals surface area contributed by atoms with E-state index in [1.54, 1.807) is 11.3 Å². The van der Waals surface area contributed by atoms with Gasteiger partial charge < -0.3 is 10.4 Å². The van der Waals surface area contributed by atoms with Crippen molar-refractivity contribution in [3.8, 4) is 11.8 Å². The van der Waals surface area contributed by atoms with Gasteiger partial charge in [-0.1, -0.05) is 11.8 Å². The number of nitrogens with one attached hydrogen (secondary N) is 1. The molecule has 0 spiro atoms. The minimum Gasteiger partial charge on any atom is -0.395 e. The highest BCUT2D eigenvalue weighted by atomic mass is 79.9. The molecular formula is C14H12BrNO2S2. The zero-order valence-corrected chi connectivity index (χ0v) is 13.7. The predicted molar refractivity (Wildman–Crippen MR) is 86.1 cm³/mol. The molecule has 0 radical (unpaired) electrons. The van der Waals surface area contributed by atoms with E-state index in [0.717, 1.165) is 9.35 Å². The number of hydrogen-bond acceptors (Lipinski definition) is 4. The summed E-state index contributed by atoms with van der Waals surface area (Å²) in [7, 11) is 0. The molecule has 20 heavy (non-hydrogen) atoms. The van der Waals surface area contributed by atoms with E-state index in [1.165, 1.54) is 11.3 Å². The minimum atomic E-state index is -0.117. The Kier molecular flexibility index (Phi) is 5.80. The van der Waals surface area contributed by atoms with Crippen LogP contribution in [0, 0.1) is 11.8 Å². The van der Waals surface area contributed by atoms with Crippen LogP contribution in [0.1, 0.15) is 26.5 Å². The molecule has 2 aromatic rings. The van der Waals surface area contributed by atoms with Crippen LogP contribution in [0.4, 0.5) is 0 Å². The summed E-state index contributed by atoms with van der Waals surface area (Å²) in [6, 6.07) is 3.79. The smallest absolute Gasteiger partial charge is 0.262 e. The highest BCUT2D eigenvalue weighted by molar-refractivity contribution is 9.10. The number of rotatable bonds is 4. The van der Waals surface area contributed by atoms with E-state index in [4.69, 9.17) is 5.11 Å². The van der Waals surface area contributed by atoms with Crippen molar-refractivity contribution in [3.63, 3.8) is 0 Å². The molecule has 0 unspecified atom stereocenters. The maximum absolute atomic E-state index is 12.1. The molecule has 2 rings (SSSR count). The van der Waals surface area contributed by atoms with Crippen molar-refractivity contribution in [1.82, 2.24) is 5.32 Å². The van der Waals surface area contributed by atoms with Crippen molar-refractivity contribution in [3.05, 3.63) is 42.7 Å². The zero-order chi connectivity index (χ0) is 14.4. The number of hydrogen-bond donors (Lipinski definition) is 2. The van der Waals surface area contributed by atoms with Gasteiger partial charge in [-0.2, -0.15) is 0 Å². The molecule has 1 amide bonds. The molecule has 0 bridgehead atoms. The van der Waals surface area contributed by atoms with Gasteiger partial charge in [0.25, 0.3) is 5.91 Å². The molecule has 2 aromatic heterocycles. The van der Waals surface area contributed by atoms with Crippen LogP contribution in [-0.2, 0) is 6.54 Å². The molecule has 104 valence electrons. The molecule has 0 fully saturated rings. The summed E-state index contributed by atoms with van der Waals surface area (Å²) in [6.07, 6.45) is 0.416. The lowest BCUT2D eigenvalue weighted by atomic mass is 10.2. The average molecular weight is 370 g/mol. The molecular weight excluding hydrogens is 358 g/mol. The molecule has 0 aliphatic carbocycles. The molecule has 0 atom stereocenters. The van der Waals surface area contributed by atoms with E-state index in [-0.39, 0.29) is 12.5 Å². The first kappa shape index (κ1) is 15.3. The van der Waals surface area contributed by atoms with Gasteiger partial charge in [-0.3, -0.25) is 4.79 Å². The van der Waals surface area contributed by atoms with Gasteiger partial charge in [0.15, 0.2) is 0 Å². The third-order valence-corrected chi connectivity index (χ3v) is 5.27. The van der Waals surface area contributed by atoms with Crippen LogP contribution in [0.5, 0.6) is 0 Å². The van der Waals surface area contributed by atoms with E-state index >= 15 is 0 Å². The summed E-state index contributed by atoms with van der Waals surface area (Å²) < 4.78 is 1.01. The molecule has 2 N–H and O–H groups in total. The summed E-state index contributed by atoms with van der Waals surface area (Å²) >= 11 is 6.41. The Morgan fingerprint density at radius 2 is 2.15 bits per heavy atom. The average Bonchev–Trinajstić information content (AvgIpc) is 3.05. The predicted octanol–water partition coefficient (Wildman–Crippen LogP) is 3.24. The van der Waals surface area contributed by atoms with Crippen molar-refractivity contribution in [2.45, 2.75) is 13.0 Å². The molecule has 3 nitrogen and oxygen atoms in total. The maximum Gasteiger partial charge on any atom is 0.262 e. The molecule has 0 saturated heterocycles. The van der Waals surface area contributed by atoms with Gasteiger partial charge in [-0.15, -0.1) is 22.7 Å². The van der Waals surface area contributed by atoms with Gasteiger partial charge in [-0.25, -0.2) is 0 Å². The molecule has 0 saturated carbocycles. The van der Waals surface area contributed by atoms with Crippen LogP contribution in [0.25, 0.3) is 0 Å². The highest BCUT2D eigenvalue weighted by Gasteiger charge is 2.12. The van der Waals surface area contributed by atoms with Gasteiger partial charge in [0.1, 0.15) is 4.88 Å². The number of aliphatic hydroxyl groups excluding tert-OH is 1. The van der Waals surface area contributed by atoms with Crippen LogP contribution in [0.3, 0.4) is 0 Å². The molecule has 2 heterocycles. The first-order valence-electron chi connectivity index (χ1n) is 5.89. The topological polar surface area (TPSA) is 49.3 Å². The van der Waals surface area contributed by atoms with Gasteiger partial charge in [-0.05, 0) is 38.8 Å². The third-order valence-electron chi connectivity index (χ3n) is 2.43. The van der Waals surface area contributed by atoms with Crippen molar-refractivity contribution in [2.24, 2.45) is 0 Å². The normalized spacial score (nSPS) is 9.90. The first-order chi connectivity index (χ1) is 9.72. The van der Waals surface area contributed by atoms with Crippen LogP contribution < -0.4 is 5.32 Å². The highest BCUT2D eigenvalue weighted by Crippen LogP contribution is 2.22. The van der Waals surface area contributed by atoms with Gasteiger partial charge >= 0.3 is 0 Å². The van der Waals surface area contributed by atoms with E-state index in [1.807, 2.05) is 22.9 Å². The molecule has 0 aromatic carbocycles. The second kappa shape index (κ2) is 7.60. The minimum absolute atomic E-state index is 0.0328. The Hall–Kier alpha value is -1.13. The number of amides is 1. The summed E-state index contributed by atoms with van der Waals surface area (Å²) in [5.41, 5.74) is 0.714. The van der Waals surface area contributed by atoms with Crippen LogP contribution in [0.2, 0.25) is 0 Å². The van der Waals surface area contributed by atoms with Crippen molar-refractivity contribution in [1.29, 1.82) is 0 Å². The van der Waals surface area contributed by atoms with E-state index in [9.17, 15) is 4.79 Å². The van der Waals surface area contributed by atoms with Crippen molar-refractivity contribution in [2.75, 3.05) is 6.61 Å². The van der Waals surface area contributed by atoms with E-state index in [0.29, 0.717) is 23.4 Å². The Bertz CT molecular complexity index is 651. The Morgan fingerprint density at radius 3 is 2.85 bits per heavy atom. The quantitative estimate of drug-likeness (QED) is 0.812. The standard InChI is InChI=1S/C14H12BrNO2S2/c15-11-5-8-19-12(11)9-16-14(18)13-10(4-7-20-13)3-1-2-6-17/h4-5,7-8,17H,2,6,9H2,(H,16,18). The number of thiophene rings is 2. The molecule has 0 aliphatic heterocycles. The van der Waals surface area contributed by atoms with Crippen molar-refractivity contribution < 1.29 is 9.90 Å². The summed E-state index contributed by atoms with van der Waals surface area (Å²) in [4.78, 5) is 13.8. The first-order valence-corrected chi connectivity index (χ1v) is 8.45. The summed E-state index contributed by atoms with van der Waals surface area (Å²) in [5, 5.41) is 15.4. The van der Waals surface area contributed by atoms with Crippen LogP contribution >= 0.6 is 38.6 Å². The van der Waals surface area contributed by atoms with Crippen LogP contribution in [-0.4, -0.2) is 17.6 Å². The number of carbonyl (C=O) groups excluding carboxylic acids is 1. The lowest BCUT2D eigenvalue weighted by Crippen LogP contribution is -2.22. The second-order valence-corrected chi connectivity index (χ2v) is 6.58. The van der Waals surface area contributed by atoms with Crippen LogP contribution in [0.15, 0.2) is 27.4 Å². The summed E-state index contributed by atoms with van der Waals surface area (Å²) in [5.74, 6) is 5.63. The van der Waals surface area contributed by atoms with Gasteiger partial charge in [0, 0.05) is 21.3 Å². The fraction of sp³-hybridized carbons (Fsp3) is 0.214. The fourth-order valence-electron chi connectivity index (χ4n) is 1.49.